The van der Waals surface area contributed by atoms with Gasteiger partial charge in [0.2, 0.25) is 0 Å². The van der Waals surface area contributed by atoms with Crippen molar-refractivity contribution < 1.29 is 31.9 Å². The van der Waals surface area contributed by atoms with Gasteiger partial charge in [-0.3, -0.25) is 0 Å². The maximum atomic E-state index is 12.8. The second-order valence-corrected chi connectivity index (χ2v) is 11.9. The van der Waals surface area contributed by atoms with Crippen LogP contribution in [-0.2, 0) is 14.6 Å². The van der Waals surface area contributed by atoms with Crippen molar-refractivity contribution in [3.8, 4) is 23.3 Å². The molecule has 0 saturated heterocycles. The molecule has 0 amide bonds. The van der Waals surface area contributed by atoms with Crippen LogP contribution < -0.4 is 18.7 Å². The Labute approximate surface area is 219 Å². The molecule has 1 aromatic carbocycles. The molecule has 2 heterocycles. The number of nitriles is 1. The zero-order valence-electron chi connectivity index (χ0n) is 19.2. The van der Waals surface area contributed by atoms with E-state index in [4.69, 9.17) is 30.3 Å². The Morgan fingerprint density at radius 1 is 1.13 bits per heavy atom. The first kappa shape index (κ1) is 28.5. The van der Waals surface area contributed by atoms with Crippen molar-refractivity contribution in [2.75, 3.05) is 32.6 Å². The molecular formula is C19H18N9O7PS2. The number of ether oxygens (including phenoxy) is 2. The molecule has 0 radical (unpaired) electrons. The van der Waals surface area contributed by atoms with Crippen LogP contribution in [0, 0.1) is 11.3 Å². The predicted octanol–water partition coefficient (Wildman–Crippen LogP) is 4.05. The quantitative estimate of drug-likeness (QED) is 0.0917. The fourth-order valence-corrected chi connectivity index (χ4v) is 6.75. The van der Waals surface area contributed by atoms with Gasteiger partial charge in [0.05, 0.1) is 32.5 Å². The highest BCUT2D eigenvalue weighted by atomic mass is 32.2. The second-order valence-electron chi connectivity index (χ2n) is 7.03. The van der Waals surface area contributed by atoms with Crippen LogP contribution in [0.15, 0.2) is 51.0 Å². The SMILES string of the molecule is N#Cc1ccc(OP(=O)(O)CNS(=O)(=O)c2cc3cc(OCCN=[N+]=[N-])c(OCCN=[N+]=[N-])cc3s2)cn1. The Morgan fingerprint density at radius 2 is 1.79 bits per heavy atom. The third-order valence-corrected chi connectivity index (χ3v) is 8.64. The number of aromatic nitrogens is 1. The normalized spacial score (nSPS) is 12.4. The minimum absolute atomic E-state index is 0.0274. The van der Waals surface area contributed by atoms with Crippen molar-refractivity contribution in [1.29, 1.82) is 5.26 Å². The molecule has 1 unspecified atom stereocenters. The highest BCUT2D eigenvalue weighted by Crippen LogP contribution is 2.42. The second kappa shape index (κ2) is 13.0. The van der Waals surface area contributed by atoms with Crippen molar-refractivity contribution in [2.45, 2.75) is 4.21 Å². The first-order valence-electron chi connectivity index (χ1n) is 10.4. The van der Waals surface area contributed by atoms with Crippen LogP contribution in [0.2, 0.25) is 0 Å². The standard InChI is InChI=1S/C19H18N9O7PS2/c20-10-14-1-2-15(11-23-14)35-36(29,30)12-26-38(31,32)19-8-13-7-16(33-5-3-24-27-21)17(9-18(13)37-19)34-6-4-25-28-22/h1-2,7-9,11,26H,3-6,12H2,(H,29,30). The van der Waals surface area contributed by atoms with Gasteiger partial charge >= 0.3 is 7.60 Å². The molecule has 19 heteroatoms. The van der Waals surface area contributed by atoms with Crippen molar-refractivity contribution >= 4 is 39.0 Å². The summed E-state index contributed by atoms with van der Waals surface area (Å²) >= 11 is 0.874. The lowest BCUT2D eigenvalue weighted by Crippen LogP contribution is -2.25. The third kappa shape index (κ3) is 7.97. The van der Waals surface area contributed by atoms with E-state index in [1.165, 1.54) is 30.3 Å². The zero-order chi connectivity index (χ0) is 27.6. The van der Waals surface area contributed by atoms with Crippen molar-refractivity contribution in [1.82, 2.24) is 9.71 Å². The lowest BCUT2D eigenvalue weighted by atomic mass is 10.2. The Hall–Kier alpha value is -4.06. The summed E-state index contributed by atoms with van der Waals surface area (Å²) in [5.74, 6) is 0.372. The first-order valence-corrected chi connectivity index (χ1v) is 14.5. The van der Waals surface area contributed by atoms with E-state index in [-0.39, 0.29) is 53.5 Å². The molecule has 3 rings (SSSR count). The molecule has 1 atom stereocenters. The van der Waals surface area contributed by atoms with Gasteiger partial charge in [0.1, 0.15) is 28.0 Å². The fourth-order valence-electron chi connectivity index (χ4n) is 2.80. The lowest BCUT2D eigenvalue weighted by molar-refractivity contribution is 0.278. The number of fused-ring (bicyclic) bond motifs is 1. The average Bonchev–Trinajstić information content (AvgIpc) is 3.32. The van der Waals surface area contributed by atoms with Gasteiger partial charge in [-0.2, -0.15) is 9.98 Å². The molecule has 2 N–H and O–H groups in total. The van der Waals surface area contributed by atoms with Crippen LogP contribution in [0.4, 0.5) is 0 Å². The number of nitrogens with zero attached hydrogens (tertiary/aromatic N) is 8. The number of azide groups is 2. The van der Waals surface area contributed by atoms with E-state index >= 15 is 0 Å². The van der Waals surface area contributed by atoms with E-state index in [2.05, 4.69) is 29.8 Å². The molecule has 0 aliphatic rings. The number of sulfonamides is 1. The molecule has 2 aromatic heterocycles. The molecule has 0 aliphatic carbocycles. The van der Waals surface area contributed by atoms with Gasteiger partial charge in [-0.1, -0.05) is 10.2 Å². The van der Waals surface area contributed by atoms with Crippen molar-refractivity contribution in [3.05, 3.63) is 63.1 Å². The fraction of sp³-hybridized carbons (Fsp3) is 0.263. The summed E-state index contributed by atoms with van der Waals surface area (Å²) in [6.07, 6.45) is 0.145. The van der Waals surface area contributed by atoms with Crippen molar-refractivity contribution in [2.24, 2.45) is 10.2 Å². The molecule has 0 spiro atoms. The summed E-state index contributed by atoms with van der Waals surface area (Å²) in [7, 11) is -8.69. The summed E-state index contributed by atoms with van der Waals surface area (Å²) in [6, 6.07) is 8.74. The minimum Gasteiger partial charge on any atom is -0.490 e. The summed E-state index contributed by atoms with van der Waals surface area (Å²) in [5.41, 5.74) is 16.9. The molecule has 3 aromatic rings. The average molecular weight is 580 g/mol. The Balaban J connectivity index is 1.78. The molecular weight excluding hydrogens is 561 g/mol. The third-order valence-electron chi connectivity index (χ3n) is 4.40. The van der Waals surface area contributed by atoms with Gasteiger partial charge < -0.3 is 18.9 Å². The molecule has 198 valence electrons. The number of nitrogens with one attached hydrogen (secondary N) is 1. The van der Waals surface area contributed by atoms with Crippen LogP contribution in [-0.4, -0.2) is 50.9 Å². The smallest absolute Gasteiger partial charge is 0.391 e. The van der Waals surface area contributed by atoms with Gasteiger partial charge in [-0.15, -0.1) is 11.3 Å². The van der Waals surface area contributed by atoms with Gasteiger partial charge in [-0.05, 0) is 40.7 Å². The molecule has 16 nitrogen and oxygen atoms in total. The van der Waals surface area contributed by atoms with E-state index in [1.54, 1.807) is 6.07 Å². The number of hydrogen-bond donors (Lipinski definition) is 2. The van der Waals surface area contributed by atoms with Crippen LogP contribution in [0.25, 0.3) is 31.0 Å². The van der Waals surface area contributed by atoms with Gasteiger partial charge in [-0.25, -0.2) is 18.0 Å². The van der Waals surface area contributed by atoms with Crippen molar-refractivity contribution in [3.63, 3.8) is 0 Å². The monoisotopic (exact) mass is 579 g/mol. The van der Waals surface area contributed by atoms with Crippen LogP contribution in [0.3, 0.4) is 0 Å². The summed E-state index contributed by atoms with van der Waals surface area (Å²) in [5, 5.41) is 16.0. The van der Waals surface area contributed by atoms with Gasteiger partial charge in [0.15, 0.2) is 11.5 Å². The number of hydrogen-bond acceptors (Lipinski definition) is 11. The number of pyridine rings is 1. The molecule has 0 saturated carbocycles. The number of benzene rings is 1. The minimum atomic E-state index is -4.46. The summed E-state index contributed by atoms with van der Waals surface area (Å²) in [4.78, 5) is 19.1. The van der Waals surface area contributed by atoms with E-state index in [0.29, 0.717) is 10.1 Å². The maximum Gasteiger partial charge on any atom is 0.391 e. The van der Waals surface area contributed by atoms with E-state index in [1.807, 2.05) is 0 Å². The maximum absolute atomic E-state index is 12.8. The molecule has 0 fully saturated rings. The largest absolute Gasteiger partial charge is 0.490 e. The highest BCUT2D eigenvalue weighted by Gasteiger charge is 2.27. The summed E-state index contributed by atoms with van der Waals surface area (Å²) in [6.45, 7) is 0.144. The van der Waals surface area contributed by atoms with Crippen LogP contribution in [0.1, 0.15) is 5.69 Å². The molecule has 0 aliphatic heterocycles. The van der Waals surface area contributed by atoms with E-state index < -0.39 is 23.9 Å². The lowest BCUT2D eigenvalue weighted by Gasteiger charge is -2.13. The van der Waals surface area contributed by atoms with Gasteiger partial charge in [0.25, 0.3) is 10.0 Å². The molecule has 38 heavy (non-hydrogen) atoms. The van der Waals surface area contributed by atoms with Crippen LogP contribution >= 0.6 is 18.9 Å². The Bertz CT molecular complexity index is 1530. The number of rotatable bonds is 14. The Morgan fingerprint density at radius 3 is 2.37 bits per heavy atom. The summed E-state index contributed by atoms with van der Waals surface area (Å²) < 4.78 is 56.7. The molecule has 0 bridgehead atoms. The topological polar surface area (TPSA) is 245 Å². The number of thiophene rings is 1. The van der Waals surface area contributed by atoms with E-state index in [0.717, 1.165) is 17.5 Å². The van der Waals surface area contributed by atoms with Gasteiger partial charge in [0, 0.05) is 20.6 Å². The van der Waals surface area contributed by atoms with E-state index in [9.17, 15) is 17.9 Å². The first-order chi connectivity index (χ1) is 18.2. The Kier molecular flexibility index (Phi) is 9.72. The highest BCUT2D eigenvalue weighted by molar-refractivity contribution is 7.92. The van der Waals surface area contributed by atoms with Crippen LogP contribution in [0.5, 0.6) is 17.2 Å². The predicted molar refractivity (Wildman–Crippen MR) is 135 cm³/mol. The zero-order valence-corrected chi connectivity index (χ0v) is 21.8.